The number of sulfonamides is 1. The highest BCUT2D eigenvalue weighted by atomic mass is 35.5. The molecule has 0 spiro atoms. The van der Waals surface area contributed by atoms with Gasteiger partial charge in [-0.2, -0.15) is 0 Å². The van der Waals surface area contributed by atoms with Crippen LogP contribution in [0, 0.1) is 0 Å². The normalized spacial score (nSPS) is 16.3. The van der Waals surface area contributed by atoms with Crippen LogP contribution in [0.2, 0.25) is 5.02 Å². The zero-order valence-electron chi connectivity index (χ0n) is 17.9. The van der Waals surface area contributed by atoms with Crippen molar-refractivity contribution in [3.63, 3.8) is 0 Å². The van der Waals surface area contributed by atoms with Crippen molar-refractivity contribution in [1.82, 2.24) is 10.0 Å². The van der Waals surface area contributed by atoms with Gasteiger partial charge in [0.15, 0.2) is 0 Å². The third kappa shape index (κ3) is 6.29. The fraction of sp³-hybridized carbons (Fsp3) is 0.435. The summed E-state index contributed by atoms with van der Waals surface area (Å²) in [4.78, 5) is 13.3. The molecule has 0 aliphatic carbocycles. The maximum atomic E-state index is 13.3. The Balaban J connectivity index is 1.67. The molecular weight excluding hydrogens is 436 g/mol. The summed E-state index contributed by atoms with van der Waals surface area (Å²) in [6.45, 7) is 4.98. The molecule has 8 heteroatoms. The van der Waals surface area contributed by atoms with Gasteiger partial charge in [-0.05, 0) is 55.5 Å². The average Bonchev–Trinajstić information content (AvgIpc) is 2.72. The second-order valence-electron chi connectivity index (χ2n) is 8.24. The minimum Gasteiger partial charge on any atom is -0.381 e. The molecule has 31 heavy (non-hydrogen) atoms. The molecule has 0 unspecified atom stereocenters. The summed E-state index contributed by atoms with van der Waals surface area (Å²) in [6, 6.07) is 14.6. The number of carbonyl (C=O) groups is 1. The topological polar surface area (TPSA) is 84.5 Å². The van der Waals surface area contributed by atoms with Gasteiger partial charge < -0.3 is 10.1 Å². The molecule has 0 atom stereocenters. The van der Waals surface area contributed by atoms with Crippen molar-refractivity contribution < 1.29 is 17.9 Å². The highest BCUT2D eigenvalue weighted by molar-refractivity contribution is 7.88. The fourth-order valence-electron chi connectivity index (χ4n) is 3.88. The molecular formula is C23H29ClN2O4S. The van der Waals surface area contributed by atoms with E-state index in [1.165, 1.54) is 0 Å². The maximum absolute atomic E-state index is 13.3. The number of halogens is 1. The zero-order chi connectivity index (χ0) is 22.5. The van der Waals surface area contributed by atoms with Crippen LogP contribution in [0.25, 0.3) is 0 Å². The van der Waals surface area contributed by atoms with Crippen LogP contribution >= 0.6 is 11.6 Å². The zero-order valence-corrected chi connectivity index (χ0v) is 19.4. The van der Waals surface area contributed by atoms with Crippen molar-refractivity contribution in [2.75, 3.05) is 13.2 Å². The molecule has 2 N–H and O–H groups in total. The van der Waals surface area contributed by atoms with E-state index in [9.17, 15) is 13.2 Å². The van der Waals surface area contributed by atoms with Gasteiger partial charge in [-0.15, -0.1) is 0 Å². The van der Waals surface area contributed by atoms with Crippen molar-refractivity contribution >= 4 is 27.5 Å². The molecule has 0 bridgehead atoms. The summed E-state index contributed by atoms with van der Waals surface area (Å²) in [6.07, 6.45) is 1.19. The summed E-state index contributed by atoms with van der Waals surface area (Å²) >= 11 is 6.18. The van der Waals surface area contributed by atoms with Crippen molar-refractivity contribution in [3.8, 4) is 0 Å². The summed E-state index contributed by atoms with van der Waals surface area (Å²) < 4.78 is 32.3. The first-order valence-electron chi connectivity index (χ1n) is 10.4. The summed E-state index contributed by atoms with van der Waals surface area (Å²) in [5, 5.41) is 3.66. The van der Waals surface area contributed by atoms with E-state index in [-0.39, 0.29) is 17.7 Å². The van der Waals surface area contributed by atoms with E-state index < -0.39 is 15.4 Å². The van der Waals surface area contributed by atoms with Gasteiger partial charge in [0.05, 0.1) is 11.2 Å². The maximum Gasteiger partial charge on any atom is 0.231 e. The predicted octanol–water partition coefficient (Wildman–Crippen LogP) is 3.53. The minimum absolute atomic E-state index is 0.0501. The molecule has 1 saturated heterocycles. The molecule has 0 saturated carbocycles. The second-order valence-corrected chi connectivity index (χ2v) is 10.4. The summed E-state index contributed by atoms with van der Waals surface area (Å²) in [5.74, 6) is -0.124. The van der Waals surface area contributed by atoms with Gasteiger partial charge in [-0.25, -0.2) is 13.1 Å². The minimum atomic E-state index is -3.37. The Bertz CT molecular complexity index is 1000. The Kier molecular flexibility index (Phi) is 7.75. The van der Waals surface area contributed by atoms with Gasteiger partial charge in [0.1, 0.15) is 0 Å². The Morgan fingerprint density at radius 3 is 2.35 bits per heavy atom. The van der Waals surface area contributed by atoms with Gasteiger partial charge in [-0.1, -0.05) is 48.0 Å². The van der Waals surface area contributed by atoms with Gasteiger partial charge >= 0.3 is 0 Å². The standard InChI is InChI=1S/C23H29ClN2O4S/c1-17(2)26-31(28,29)16-19-8-6-18(7-9-19)15-25-22(27)23(10-12-30-13-11-23)20-4-3-5-21(24)14-20/h3-9,14,17,26H,10-13,15-16H2,1-2H3,(H,25,27). The SMILES string of the molecule is CC(C)NS(=O)(=O)Cc1ccc(CNC(=O)C2(c3cccc(Cl)c3)CCOCC2)cc1. The first kappa shape index (κ1) is 23.7. The van der Waals surface area contributed by atoms with Gasteiger partial charge in [0, 0.05) is 30.8 Å². The van der Waals surface area contributed by atoms with Gasteiger partial charge in [0.2, 0.25) is 15.9 Å². The number of hydrogen-bond acceptors (Lipinski definition) is 4. The molecule has 168 valence electrons. The number of amides is 1. The van der Waals surface area contributed by atoms with Gasteiger partial charge in [-0.3, -0.25) is 4.79 Å². The number of carbonyl (C=O) groups excluding carboxylic acids is 1. The van der Waals surface area contributed by atoms with Crippen LogP contribution < -0.4 is 10.0 Å². The van der Waals surface area contributed by atoms with Crippen molar-refractivity contribution in [2.24, 2.45) is 0 Å². The fourth-order valence-corrected chi connectivity index (χ4v) is 5.50. The Morgan fingerprint density at radius 1 is 1.10 bits per heavy atom. The molecule has 0 radical (unpaired) electrons. The van der Waals surface area contributed by atoms with E-state index >= 15 is 0 Å². The lowest BCUT2D eigenvalue weighted by atomic mass is 9.73. The highest BCUT2D eigenvalue weighted by Crippen LogP contribution is 2.36. The molecule has 1 amide bonds. The largest absolute Gasteiger partial charge is 0.381 e. The lowest BCUT2D eigenvalue weighted by Crippen LogP contribution is -2.47. The van der Waals surface area contributed by atoms with Crippen LogP contribution in [-0.4, -0.2) is 33.6 Å². The Labute approximate surface area is 189 Å². The number of hydrogen-bond donors (Lipinski definition) is 2. The molecule has 2 aromatic carbocycles. The van der Waals surface area contributed by atoms with Crippen molar-refractivity contribution in [1.29, 1.82) is 0 Å². The summed E-state index contributed by atoms with van der Waals surface area (Å²) in [5.41, 5.74) is 1.83. The molecule has 1 heterocycles. The van der Waals surface area contributed by atoms with Crippen LogP contribution in [0.5, 0.6) is 0 Å². The molecule has 3 rings (SSSR count). The van der Waals surface area contributed by atoms with Gasteiger partial charge in [0.25, 0.3) is 0 Å². The van der Waals surface area contributed by atoms with E-state index in [2.05, 4.69) is 10.0 Å². The quantitative estimate of drug-likeness (QED) is 0.625. The molecule has 1 fully saturated rings. The van der Waals surface area contributed by atoms with E-state index in [4.69, 9.17) is 16.3 Å². The Morgan fingerprint density at radius 2 is 1.74 bits per heavy atom. The first-order valence-corrected chi connectivity index (χ1v) is 12.4. The number of rotatable bonds is 8. The van der Waals surface area contributed by atoms with Crippen LogP contribution in [0.15, 0.2) is 48.5 Å². The third-order valence-electron chi connectivity index (χ3n) is 5.41. The van der Waals surface area contributed by atoms with Crippen LogP contribution in [0.1, 0.15) is 43.4 Å². The molecule has 0 aromatic heterocycles. The summed E-state index contributed by atoms with van der Waals surface area (Å²) in [7, 11) is -3.37. The number of nitrogens with one attached hydrogen (secondary N) is 2. The van der Waals surface area contributed by atoms with Crippen LogP contribution in [0.4, 0.5) is 0 Å². The van der Waals surface area contributed by atoms with Crippen LogP contribution in [-0.2, 0) is 37.3 Å². The van der Waals surface area contributed by atoms with Crippen LogP contribution in [0.3, 0.4) is 0 Å². The number of ether oxygens (including phenoxy) is 1. The van der Waals surface area contributed by atoms with Crippen molar-refractivity contribution in [3.05, 3.63) is 70.2 Å². The lowest BCUT2D eigenvalue weighted by Gasteiger charge is -2.36. The van der Waals surface area contributed by atoms with E-state index in [0.717, 1.165) is 11.1 Å². The third-order valence-corrected chi connectivity index (χ3v) is 7.19. The monoisotopic (exact) mass is 464 g/mol. The predicted molar refractivity (Wildman–Crippen MR) is 122 cm³/mol. The van der Waals surface area contributed by atoms with E-state index in [1.807, 2.05) is 30.3 Å². The highest BCUT2D eigenvalue weighted by Gasteiger charge is 2.41. The molecule has 2 aromatic rings. The van der Waals surface area contributed by atoms with E-state index in [0.29, 0.717) is 43.2 Å². The first-order chi connectivity index (χ1) is 14.7. The molecule has 1 aliphatic heterocycles. The molecule has 1 aliphatic rings. The number of benzene rings is 2. The lowest BCUT2D eigenvalue weighted by molar-refractivity contribution is -0.130. The van der Waals surface area contributed by atoms with E-state index in [1.54, 1.807) is 32.0 Å². The molecule has 6 nitrogen and oxygen atoms in total. The average molecular weight is 465 g/mol. The van der Waals surface area contributed by atoms with Crippen molar-refractivity contribution in [2.45, 2.75) is 50.4 Å². The smallest absolute Gasteiger partial charge is 0.231 e. The Hall–Kier alpha value is -1.93. The second kappa shape index (κ2) is 10.1.